The molecule has 0 aliphatic carbocycles. The molecule has 0 rings (SSSR count). The first-order chi connectivity index (χ1) is 27.0. The quantitative estimate of drug-likeness (QED) is 0.0245. The molecule has 56 heavy (non-hydrogen) atoms. The summed E-state index contributed by atoms with van der Waals surface area (Å²) in [7, 11) is 1.58. The number of nitrogens with zero attached hydrogens (tertiary/aromatic N) is 1. The van der Waals surface area contributed by atoms with E-state index in [4.69, 9.17) is 9.05 Å². The number of hydrogen-bond donors (Lipinski definition) is 3. The highest BCUT2D eigenvalue weighted by molar-refractivity contribution is 7.47. The molecule has 334 valence electrons. The summed E-state index contributed by atoms with van der Waals surface area (Å²) in [5.41, 5.74) is 0. The number of hydrogen-bond acceptors (Lipinski definition) is 5. The summed E-state index contributed by atoms with van der Waals surface area (Å²) in [5.74, 6) is -0.182. The molecule has 9 heteroatoms. The Balaban J connectivity index is 3.76. The smallest absolute Gasteiger partial charge is 0.387 e. The average Bonchev–Trinajstić information content (AvgIpc) is 3.15. The van der Waals surface area contributed by atoms with Crippen LogP contribution in [0.5, 0.6) is 0 Å². The molecule has 8 nitrogen and oxygen atoms in total. The minimum atomic E-state index is -4.31. The van der Waals surface area contributed by atoms with Gasteiger partial charge < -0.3 is 19.8 Å². The van der Waals surface area contributed by atoms with E-state index in [1.807, 2.05) is 27.2 Å². The molecule has 0 aromatic rings. The molecule has 0 fully saturated rings. The van der Waals surface area contributed by atoms with E-state index in [9.17, 15) is 19.4 Å². The monoisotopic (exact) mass is 816 g/mol. The zero-order valence-corrected chi connectivity index (χ0v) is 38.8. The first kappa shape index (κ1) is 55.2. The van der Waals surface area contributed by atoms with Crippen LogP contribution in [0.1, 0.15) is 232 Å². The molecular weight excluding hydrogens is 719 g/mol. The average molecular weight is 816 g/mol. The van der Waals surface area contributed by atoms with Crippen LogP contribution in [0.4, 0.5) is 0 Å². The Morgan fingerprint density at radius 2 is 0.946 bits per heavy atom. The fraction of sp³-hybridized carbons (Fsp3) is 0.936. The minimum absolute atomic E-state index is 0.0630. The van der Waals surface area contributed by atoms with Gasteiger partial charge in [0, 0.05) is 6.42 Å². The zero-order chi connectivity index (χ0) is 41.4. The Labute approximate surface area is 348 Å². The number of amides is 1. The second kappa shape index (κ2) is 39.7. The molecular formula is C47H96N2O6P+. The molecule has 0 aliphatic heterocycles. The van der Waals surface area contributed by atoms with Crippen LogP contribution in [-0.2, 0) is 18.4 Å². The molecule has 3 atom stereocenters. The fourth-order valence-electron chi connectivity index (χ4n) is 7.15. The van der Waals surface area contributed by atoms with E-state index in [1.165, 1.54) is 173 Å². The van der Waals surface area contributed by atoms with Crippen LogP contribution in [-0.4, -0.2) is 73.4 Å². The molecule has 0 bridgehead atoms. The van der Waals surface area contributed by atoms with Crippen molar-refractivity contribution in [3.05, 3.63) is 12.2 Å². The second-order valence-corrected chi connectivity index (χ2v) is 19.3. The lowest BCUT2D eigenvalue weighted by Gasteiger charge is -2.25. The van der Waals surface area contributed by atoms with Gasteiger partial charge in [0.1, 0.15) is 13.2 Å². The van der Waals surface area contributed by atoms with Gasteiger partial charge in [-0.3, -0.25) is 13.8 Å². The third-order valence-corrected chi connectivity index (χ3v) is 12.0. The molecule has 1 amide bonds. The maximum Gasteiger partial charge on any atom is 0.472 e. The van der Waals surface area contributed by atoms with Crippen molar-refractivity contribution in [2.75, 3.05) is 40.9 Å². The van der Waals surface area contributed by atoms with Crippen molar-refractivity contribution < 1.29 is 32.9 Å². The lowest BCUT2D eigenvalue weighted by atomic mass is 10.0. The molecule has 0 radical (unpaired) electrons. The third kappa shape index (κ3) is 41.4. The summed E-state index contributed by atoms with van der Waals surface area (Å²) >= 11 is 0. The van der Waals surface area contributed by atoms with E-state index in [1.54, 1.807) is 6.08 Å². The Kier molecular flexibility index (Phi) is 39.1. The normalized spacial score (nSPS) is 14.3. The molecule has 0 saturated carbocycles. The van der Waals surface area contributed by atoms with Crippen molar-refractivity contribution >= 4 is 13.7 Å². The lowest BCUT2D eigenvalue weighted by Crippen LogP contribution is -2.45. The number of aliphatic hydroxyl groups is 1. The van der Waals surface area contributed by atoms with Crippen molar-refractivity contribution in [2.45, 2.75) is 244 Å². The van der Waals surface area contributed by atoms with Crippen LogP contribution in [0.15, 0.2) is 12.2 Å². The summed E-state index contributed by atoms with van der Waals surface area (Å²) in [6.45, 7) is 4.68. The van der Waals surface area contributed by atoms with Crippen LogP contribution in [0.25, 0.3) is 0 Å². The highest BCUT2D eigenvalue weighted by atomic mass is 31.2. The number of quaternary nitrogens is 1. The Bertz CT molecular complexity index is 927. The lowest BCUT2D eigenvalue weighted by molar-refractivity contribution is -0.870. The largest absolute Gasteiger partial charge is 0.472 e. The van der Waals surface area contributed by atoms with E-state index in [-0.39, 0.29) is 19.1 Å². The number of nitrogens with one attached hydrogen (secondary N) is 1. The molecule has 0 aromatic heterocycles. The van der Waals surface area contributed by atoms with E-state index in [0.717, 1.165) is 38.5 Å². The number of phosphoric acid groups is 1. The summed E-state index contributed by atoms with van der Waals surface area (Å²) in [6.07, 6.45) is 46.7. The molecule has 0 spiro atoms. The number of carbonyl (C=O) groups excluding carboxylic acids is 1. The summed E-state index contributed by atoms with van der Waals surface area (Å²) in [6, 6.07) is -0.837. The Morgan fingerprint density at radius 1 is 0.589 bits per heavy atom. The number of rotatable bonds is 44. The molecule has 0 heterocycles. The Hall–Kier alpha value is -0.760. The van der Waals surface area contributed by atoms with Gasteiger partial charge in [0.05, 0.1) is 39.9 Å². The van der Waals surface area contributed by atoms with Gasteiger partial charge in [-0.2, -0.15) is 0 Å². The summed E-state index contributed by atoms with van der Waals surface area (Å²) in [5, 5.41) is 13.6. The maximum absolute atomic E-state index is 12.7. The fourth-order valence-corrected chi connectivity index (χ4v) is 7.88. The zero-order valence-electron chi connectivity index (χ0n) is 37.9. The van der Waals surface area contributed by atoms with Crippen molar-refractivity contribution in [2.24, 2.45) is 0 Å². The Morgan fingerprint density at radius 3 is 1.30 bits per heavy atom. The van der Waals surface area contributed by atoms with Crippen molar-refractivity contribution in [1.82, 2.24) is 5.32 Å². The van der Waals surface area contributed by atoms with Gasteiger partial charge in [0.25, 0.3) is 0 Å². The van der Waals surface area contributed by atoms with Crippen molar-refractivity contribution in [1.29, 1.82) is 0 Å². The number of phosphoric ester groups is 1. The summed E-state index contributed by atoms with van der Waals surface area (Å²) in [4.78, 5) is 22.9. The van der Waals surface area contributed by atoms with E-state index in [2.05, 4.69) is 19.2 Å². The van der Waals surface area contributed by atoms with Gasteiger partial charge in [-0.15, -0.1) is 0 Å². The van der Waals surface area contributed by atoms with Gasteiger partial charge in [0.15, 0.2) is 0 Å². The van der Waals surface area contributed by atoms with E-state index >= 15 is 0 Å². The molecule has 3 unspecified atom stereocenters. The first-order valence-electron chi connectivity index (χ1n) is 24.1. The molecule has 0 aliphatic rings. The van der Waals surface area contributed by atoms with Gasteiger partial charge in [-0.25, -0.2) is 4.57 Å². The predicted octanol–water partition coefficient (Wildman–Crippen LogP) is 13.5. The van der Waals surface area contributed by atoms with Gasteiger partial charge in [-0.05, 0) is 12.8 Å². The van der Waals surface area contributed by atoms with Gasteiger partial charge in [0.2, 0.25) is 5.91 Å². The van der Waals surface area contributed by atoms with Crippen LogP contribution in [0.2, 0.25) is 0 Å². The highest BCUT2D eigenvalue weighted by Gasteiger charge is 2.27. The number of likely N-dealkylation sites (N-methyl/N-ethyl adjacent to an activating group) is 1. The van der Waals surface area contributed by atoms with Gasteiger partial charge in [-0.1, -0.05) is 225 Å². The highest BCUT2D eigenvalue weighted by Crippen LogP contribution is 2.43. The SMILES string of the molecule is CCCC/C=C/C(O)C(COP(=O)(O)OCC[N+](C)(C)C)NC(=O)CCCCCCCCCCCCCCCCCCCCCCCCCCCCCCCC. The second-order valence-electron chi connectivity index (χ2n) is 17.8. The third-order valence-electron chi connectivity index (χ3n) is 11.0. The molecule has 0 aromatic carbocycles. The summed E-state index contributed by atoms with van der Waals surface area (Å²) < 4.78 is 23.3. The number of allylic oxidation sites excluding steroid dienone is 1. The maximum atomic E-state index is 12.7. The van der Waals surface area contributed by atoms with Crippen LogP contribution >= 0.6 is 7.82 Å². The van der Waals surface area contributed by atoms with Crippen molar-refractivity contribution in [3.63, 3.8) is 0 Å². The minimum Gasteiger partial charge on any atom is -0.387 e. The number of carbonyl (C=O) groups is 1. The number of unbranched alkanes of at least 4 members (excludes halogenated alkanes) is 31. The van der Waals surface area contributed by atoms with Crippen LogP contribution < -0.4 is 5.32 Å². The molecule has 3 N–H and O–H groups in total. The van der Waals surface area contributed by atoms with E-state index in [0.29, 0.717) is 17.4 Å². The number of aliphatic hydroxyl groups excluding tert-OH is 1. The van der Waals surface area contributed by atoms with Crippen molar-refractivity contribution in [3.8, 4) is 0 Å². The van der Waals surface area contributed by atoms with Gasteiger partial charge >= 0.3 is 7.82 Å². The van der Waals surface area contributed by atoms with Crippen LogP contribution in [0.3, 0.4) is 0 Å². The van der Waals surface area contributed by atoms with Crippen LogP contribution in [0, 0.1) is 0 Å². The van der Waals surface area contributed by atoms with E-state index < -0.39 is 20.0 Å². The first-order valence-corrected chi connectivity index (χ1v) is 25.6. The predicted molar refractivity (Wildman–Crippen MR) is 240 cm³/mol. The topological polar surface area (TPSA) is 105 Å². The standard InChI is InChI=1S/C47H95N2O6P/c1-6-8-10-12-13-14-15-16-17-18-19-20-21-22-23-24-25-26-27-28-29-30-31-32-33-34-35-36-37-39-41-47(51)48-45(46(50)40-38-11-9-7-2)44-55-56(52,53)54-43-42-49(3,4)5/h38,40,45-46,50H,6-37,39,41-44H2,1-5H3,(H-,48,51,52,53)/p+1/b40-38+. The molecule has 0 saturated heterocycles.